The Kier molecular flexibility index (Phi) is 5.81. The van der Waals surface area contributed by atoms with Crippen molar-refractivity contribution < 1.29 is 14.7 Å². The van der Waals surface area contributed by atoms with Crippen LogP contribution in [-0.4, -0.2) is 45.4 Å². The van der Waals surface area contributed by atoms with E-state index in [1.807, 2.05) is 18.2 Å². The highest BCUT2D eigenvalue weighted by Crippen LogP contribution is 2.22. The molecule has 0 saturated heterocycles. The van der Waals surface area contributed by atoms with Crippen LogP contribution in [0.15, 0.2) is 36.5 Å². The van der Waals surface area contributed by atoms with Gasteiger partial charge >= 0.3 is 12.0 Å². The van der Waals surface area contributed by atoms with E-state index < -0.39 is 12.0 Å². The SMILES string of the molecule is CN(CCC(=O)O)C(=O)NC(c1ccc(Cl)cc1)c1ccn(C)n1. The van der Waals surface area contributed by atoms with Crippen LogP contribution in [0, 0.1) is 0 Å². The lowest BCUT2D eigenvalue weighted by Gasteiger charge is -2.22. The molecular formula is C16H19ClN4O3. The zero-order valence-corrected chi connectivity index (χ0v) is 14.2. The predicted molar refractivity (Wildman–Crippen MR) is 89.9 cm³/mol. The molecular weight excluding hydrogens is 332 g/mol. The number of aromatic nitrogens is 2. The van der Waals surface area contributed by atoms with Gasteiger partial charge in [0.05, 0.1) is 12.1 Å². The number of hydrogen-bond donors (Lipinski definition) is 2. The molecule has 0 aliphatic carbocycles. The van der Waals surface area contributed by atoms with Gasteiger partial charge in [0.1, 0.15) is 6.04 Å². The van der Waals surface area contributed by atoms with Crippen LogP contribution in [0.4, 0.5) is 4.79 Å². The summed E-state index contributed by atoms with van der Waals surface area (Å²) in [5.41, 5.74) is 1.51. The van der Waals surface area contributed by atoms with Crippen molar-refractivity contribution in [3.8, 4) is 0 Å². The largest absolute Gasteiger partial charge is 0.481 e. The molecule has 0 spiro atoms. The highest BCUT2D eigenvalue weighted by molar-refractivity contribution is 6.30. The molecule has 2 aromatic rings. The van der Waals surface area contributed by atoms with Crippen LogP contribution >= 0.6 is 11.6 Å². The quantitative estimate of drug-likeness (QED) is 0.836. The average Bonchev–Trinajstić information content (AvgIpc) is 2.97. The summed E-state index contributed by atoms with van der Waals surface area (Å²) >= 11 is 5.92. The normalized spacial score (nSPS) is 11.8. The third kappa shape index (κ3) is 4.73. The van der Waals surface area contributed by atoms with Crippen molar-refractivity contribution in [2.45, 2.75) is 12.5 Å². The molecule has 0 aliphatic heterocycles. The summed E-state index contributed by atoms with van der Waals surface area (Å²) in [6, 6.07) is 8.11. The molecule has 1 heterocycles. The van der Waals surface area contributed by atoms with Gasteiger partial charge in [0, 0.05) is 31.9 Å². The van der Waals surface area contributed by atoms with Gasteiger partial charge in [0.25, 0.3) is 0 Å². The third-order valence-electron chi connectivity index (χ3n) is 3.51. The Balaban J connectivity index is 2.18. The van der Waals surface area contributed by atoms with E-state index in [9.17, 15) is 9.59 Å². The van der Waals surface area contributed by atoms with Crippen molar-refractivity contribution in [1.82, 2.24) is 20.0 Å². The number of hydrogen-bond acceptors (Lipinski definition) is 3. The number of carbonyl (C=O) groups excluding carboxylic acids is 1. The fraction of sp³-hybridized carbons (Fsp3) is 0.312. The van der Waals surface area contributed by atoms with Gasteiger partial charge in [-0.2, -0.15) is 5.10 Å². The second-order valence-electron chi connectivity index (χ2n) is 5.41. The number of halogens is 1. The third-order valence-corrected chi connectivity index (χ3v) is 3.76. The predicted octanol–water partition coefficient (Wildman–Crippen LogP) is 2.28. The lowest BCUT2D eigenvalue weighted by Crippen LogP contribution is -2.40. The smallest absolute Gasteiger partial charge is 0.317 e. The monoisotopic (exact) mass is 350 g/mol. The van der Waals surface area contributed by atoms with Crippen LogP contribution in [0.1, 0.15) is 23.7 Å². The van der Waals surface area contributed by atoms with E-state index in [0.717, 1.165) is 5.56 Å². The van der Waals surface area contributed by atoms with E-state index in [4.69, 9.17) is 16.7 Å². The molecule has 128 valence electrons. The molecule has 1 aromatic heterocycles. The van der Waals surface area contributed by atoms with Gasteiger partial charge in [-0.1, -0.05) is 23.7 Å². The lowest BCUT2D eigenvalue weighted by atomic mass is 10.0. The molecule has 0 radical (unpaired) electrons. The van der Waals surface area contributed by atoms with Gasteiger partial charge in [-0.15, -0.1) is 0 Å². The molecule has 1 unspecified atom stereocenters. The van der Waals surface area contributed by atoms with Crippen molar-refractivity contribution in [3.63, 3.8) is 0 Å². The number of aryl methyl sites for hydroxylation is 1. The van der Waals surface area contributed by atoms with Crippen LogP contribution < -0.4 is 5.32 Å². The highest BCUT2D eigenvalue weighted by atomic mass is 35.5. The van der Waals surface area contributed by atoms with Gasteiger partial charge < -0.3 is 15.3 Å². The van der Waals surface area contributed by atoms with E-state index in [1.54, 1.807) is 37.1 Å². The number of aliphatic carboxylic acids is 1. The minimum Gasteiger partial charge on any atom is -0.481 e. The Bertz CT molecular complexity index is 714. The summed E-state index contributed by atoms with van der Waals surface area (Å²) in [5.74, 6) is -0.950. The average molecular weight is 351 g/mol. The second-order valence-corrected chi connectivity index (χ2v) is 5.85. The zero-order valence-electron chi connectivity index (χ0n) is 13.4. The van der Waals surface area contributed by atoms with E-state index in [2.05, 4.69) is 10.4 Å². The maximum atomic E-state index is 12.3. The van der Waals surface area contributed by atoms with Gasteiger partial charge in [-0.05, 0) is 23.8 Å². The Hall–Kier alpha value is -2.54. The maximum absolute atomic E-state index is 12.3. The van der Waals surface area contributed by atoms with E-state index >= 15 is 0 Å². The van der Waals surface area contributed by atoms with E-state index in [1.165, 1.54) is 4.90 Å². The van der Waals surface area contributed by atoms with Crippen LogP contribution in [0.3, 0.4) is 0 Å². The Morgan fingerprint density at radius 3 is 2.54 bits per heavy atom. The Morgan fingerprint density at radius 2 is 2.00 bits per heavy atom. The number of urea groups is 1. The Morgan fingerprint density at radius 1 is 1.33 bits per heavy atom. The van der Waals surface area contributed by atoms with Crippen LogP contribution in [0.5, 0.6) is 0 Å². The van der Waals surface area contributed by atoms with Crippen molar-refractivity contribution >= 4 is 23.6 Å². The number of carboxylic acids is 1. The first-order valence-electron chi connectivity index (χ1n) is 7.35. The second kappa shape index (κ2) is 7.83. The molecule has 2 rings (SSSR count). The van der Waals surface area contributed by atoms with E-state index in [-0.39, 0.29) is 19.0 Å². The molecule has 7 nitrogen and oxygen atoms in total. The number of carbonyl (C=O) groups is 2. The molecule has 0 bridgehead atoms. The summed E-state index contributed by atoms with van der Waals surface area (Å²) in [6.07, 6.45) is 1.68. The Labute approximate surface area is 144 Å². The number of nitrogens with one attached hydrogen (secondary N) is 1. The summed E-state index contributed by atoms with van der Waals surface area (Å²) in [5, 5.41) is 16.6. The summed E-state index contributed by atoms with van der Waals surface area (Å²) in [7, 11) is 3.35. The van der Waals surface area contributed by atoms with Crippen molar-refractivity contribution in [3.05, 3.63) is 52.8 Å². The van der Waals surface area contributed by atoms with Crippen molar-refractivity contribution in [2.24, 2.45) is 7.05 Å². The summed E-state index contributed by atoms with van der Waals surface area (Å²) < 4.78 is 1.65. The first-order chi connectivity index (χ1) is 11.4. The molecule has 1 atom stereocenters. The molecule has 2 N–H and O–H groups in total. The standard InChI is InChI=1S/C16H19ClN4O3/c1-20(9-8-14(22)23)16(24)18-15(13-7-10-21(2)19-13)11-3-5-12(17)6-4-11/h3-7,10,15H,8-9H2,1-2H3,(H,18,24)(H,22,23). The lowest BCUT2D eigenvalue weighted by molar-refractivity contribution is -0.137. The van der Waals surface area contributed by atoms with Gasteiger partial charge in [-0.25, -0.2) is 4.79 Å². The summed E-state index contributed by atoms with van der Waals surface area (Å²) in [4.78, 5) is 24.3. The number of benzene rings is 1. The maximum Gasteiger partial charge on any atom is 0.317 e. The van der Waals surface area contributed by atoms with Gasteiger partial charge in [0.15, 0.2) is 0 Å². The fourth-order valence-electron chi connectivity index (χ4n) is 2.17. The minimum atomic E-state index is -0.950. The molecule has 2 amide bonds. The topological polar surface area (TPSA) is 87.5 Å². The van der Waals surface area contributed by atoms with Crippen molar-refractivity contribution in [2.75, 3.05) is 13.6 Å². The highest BCUT2D eigenvalue weighted by Gasteiger charge is 2.21. The van der Waals surface area contributed by atoms with Crippen LogP contribution in [0.2, 0.25) is 5.02 Å². The van der Waals surface area contributed by atoms with Gasteiger partial charge in [-0.3, -0.25) is 9.48 Å². The van der Waals surface area contributed by atoms with Crippen LogP contribution in [0.25, 0.3) is 0 Å². The van der Waals surface area contributed by atoms with E-state index in [0.29, 0.717) is 10.7 Å². The fourth-order valence-corrected chi connectivity index (χ4v) is 2.29. The summed E-state index contributed by atoms with van der Waals surface area (Å²) in [6.45, 7) is 0.122. The first kappa shape index (κ1) is 17.8. The molecule has 24 heavy (non-hydrogen) atoms. The molecule has 0 saturated carbocycles. The minimum absolute atomic E-state index is 0.112. The molecule has 0 fully saturated rings. The number of amides is 2. The number of nitrogens with zero attached hydrogens (tertiary/aromatic N) is 3. The number of carboxylic acid groups (broad SMARTS) is 1. The zero-order chi connectivity index (χ0) is 17.7. The first-order valence-corrected chi connectivity index (χ1v) is 7.73. The molecule has 0 aliphatic rings. The van der Waals surface area contributed by atoms with Crippen molar-refractivity contribution in [1.29, 1.82) is 0 Å². The molecule has 8 heteroatoms. The van der Waals surface area contributed by atoms with Crippen LogP contribution in [-0.2, 0) is 11.8 Å². The molecule has 1 aromatic carbocycles. The van der Waals surface area contributed by atoms with Gasteiger partial charge in [0.2, 0.25) is 0 Å². The number of rotatable bonds is 6.